The van der Waals surface area contributed by atoms with Gasteiger partial charge in [-0.05, 0) is 19.8 Å². The van der Waals surface area contributed by atoms with E-state index in [1.165, 1.54) is 0 Å². The molecule has 78 valence electrons. The Morgan fingerprint density at radius 2 is 1.77 bits per heavy atom. The van der Waals surface area contributed by atoms with Crippen molar-refractivity contribution < 1.29 is 14.3 Å². The highest BCUT2D eigenvalue weighted by Gasteiger charge is 2.05. The minimum absolute atomic E-state index is 0.137. The van der Waals surface area contributed by atoms with Gasteiger partial charge >= 0.3 is 5.97 Å². The van der Waals surface area contributed by atoms with Gasteiger partial charge in [0.15, 0.2) is 0 Å². The van der Waals surface area contributed by atoms with Gasteiger partial charge in [-0.2, -0.15) is 0 Å². The third kappa shape index (κ3) is 9.34. The summed E-state index contributed by atoms with van der Waals surface area (Å²) < 4.78 is 10.2. The molecule has 0 spiro atoms. The van der Waals surface area contributed by atoms with Crippen molar-refractivity contribution in [3.05, 3.63) is 0 Å². The van der Waals surface area contributed by atoms with E-state index >= 15 is 0 Å². The third-order valence-corrected chi connectivity index (χ3v) is 1.37. The molecule has 0 aliphatic rings. The molecule has 0 fully saturated rings. The van der Waals surface area contributed by atoms with Crippen molar-refractivity contribution in [1.82, 2.24) is 0 Å². The molecule has 0 rings (SSSR count). The van der Waals surface area contributed by atoms with E-state index in [9.17, 15) is 4.79 Å². The van der Waals surface area contributed by atoms with Gasteiger partial charge in [-0.25, -0.2) is 0 Å². The molecule has 0 aliphatic heterocycles. The fourth-order valence-electron chi connectivity index (χ4n) is 0.832. The highest BCUT2D eigenvalue weighted by atomic mass is 16.6. The second kappa shape index (κ2) is 6.89. The maximum Gasteiger partial charge on any atom is 0.306 e. The van der Waals surface area contributed by atoms with Crippen LogP contribution < -0.4 is 0 Å². The molecule has 0 saturated heterocycles. The molecule has 0 aromatic rings. The van der Waals surface area contributed by atoms with E-state index in [0.717, 1.165) is 0 Å². The first-order valence-electron chi connectivity index (χ1n) is 4.79. The van der Waals surface area contributed by atoms with Crippen LogP contribution in [0.5, 0.6) is 0 Å². The number of carbonyl (C=O) groups is 1. The molecule has 0 N–H and O–H groups in total. The lowest BCUT2D eigenvalue weighted by Crippen LogP contribution is -2.14. The van der Waals surface area contributed by atoms with Gasteiger partial charge in [-0.15, -0.1) is 0 Å². The molecule has 0 aromatic carbocycles. The van der Waals surface area contributed by atoms with E-state index in [0.29, 0.717) is 25.6 Å². The van der Waals surface area contributed by atoms with Gasteiger partial charge < -0.3 is 9.47 Å². The number of hydrogen-bond acceptors (Lipinski definition) is 3. The van der Waals surface area contributed by atoms with Gasteiger partial charge in [0.2, 0.25) is 0 Å². The number of esters is 1. The molecule has 0 atom stereocenters. The Morgan fingerprint density at radius 1 is 1.15 bits per heavy atom. The largest absolute Gasteiger partial charge is 0.463 e. The smallest absolute Gasteiger partial charge is 0.306 e. The van der Waals surface area contributed by atoms with E-state index in [2.05, 4.69) is 0 Å². The Hall–Kier alpha value is -0.570. The molecule has 3 heteroatoms. The first-order valence-corrected chi connectivity index (χ1v) is 4.79. The van der Waals surface area contributed by atoms with Crippen LogP contribution in [0.15, 0.2) is 0 Å². The van der Waals surface area contributed by atoms with Crippen molar-refractivity contribution in [2.45, 2.75) is 40.2 Å². The Morgan fingerprint density at radius 3 is 2.23 bits per heavy atom. The molecular formula is C10H20O3. The van der Waals surface area contributed by atoms with Crippen molar-refractivity contribution in [2.75, 3.05) is 13.2 Å². The summed E-state index contributed by atoms with van der Waals surface area (Å²) in [6.07, 6.45) is 0.686. The summed E-state index contributed by atoms with van der Waals surface area (Å²) in [5.74, 6) is 0.223. The topological polar surface area (TPSA) is 35.5 Å². The van der Waals surface area contributed by atoms with Gasteiger partial charge in [0.1, 0.15) is 6.61 Å². The standard InChI is InChI=1S/C10H20O3/c1-8(2)7-10(11)13-6-5-12-9(3)4/h8-9H,5-7H2,1-4H3. The first-order chi connectivity index (χ1) is 6.02. The van der Waals surface area contributed by atoms with Gasteiger partial charge in [0.25, 0.3) is 0 Å². The monoisotopic (exact) mass is 188 g/mol. The fraction of sp³-hybridized carbons (Fsp3) is 0.900. The van der Waals surface area contributed by atoms with Crippen LogP contribution in [-0.4, -0.2) is 25.3 Å². The predicted octanol–water partition coefficient (Wildman–Crippen LogP) is 2.00. The van der Waals surface area contributed by atoms with E-state index in [1.54, 1.807) is 0 Å². The summed E-state index contributed by atoms with van der Waals surface area (Å²) >= 11 is 0. The van der Waals surface area contributed by atoms with Gasteiger partial charge in [0, 0.05) is 6.42 Å². The molecule has 0 bridgehead atoms. The molecule has 0 unspecified atom stereocenters. The van der Waals surface area contributed by atoms with Crippen LogP contribution in [0, 0.1) is 5.92 Å². The normalized spacial score (nSPS) is 10.9. The van der Waals surface area contributed by atoms with Crippen LogP contribution in [0.3, 0.4) is 0 Å². The van der Waals surface area contributed by atoms with Crippen LogP contribution in [0.25, 0.3) is 0 Å². The highest BCUT2D eigenvalue weighted by molar-refractivity contribution is 5.69. The summed E-state index contributed by atoms with van der Waals surface area (Å²) in [4.78, 5) is 11.0. The van der Waals surface area contributed by atoms with Crippen molar-refractivity contribution in [1.29, 1.82) is 0 Å². The fourth-order valence-corrected chi connectivity index (χ4v) is 0.832. The van der Waals surface area contributed by atoms with E-state index < -0.39 is 0 Å². The van der Waals surface area contributed by atoms with Crippen molar-refractivity contribution in [3.8, 4) is 0 Å². The predicted molar refractivity (Wildman–Crippen MR) is 51.5 cm³/mol. The maximum absolute atomic E-state index is 11.0. The summed E-state index contributed by atoms with van der Waals surface area (Å²) in [6, 6.07) is 0. The minimum atomic E-state index is -0.137. The van der Waals surface area contributed by atoms with Gasteiger partial charge in [-0.3, -0.25) is 4.79 Å². The molecule has 0 heterocycles. The number of ether oxygens (including phenoxy) is 2. The van der Waals surface area contributed by atoms with Crippen LogP contribution in [0.4, 0.5) is 0 Å². The van der Waals surface area contributed by atoms with E-state index in [1.807, 2.05) is 27.7 Å². The van der Waals surface area contributed by atoms with Crippen LogP contribution >= 0.6 is 0 Å². The Balaban J connectivity index is 3.27. The molecule has 13 heavy (non-hydrogen) atoms. The Bertz CT molecular complexity index is 141. The first kappa shape index (κ1) is 12.4. The second-order valence-electron chi connectivity index (χ2n) is 3.74. The lowest BCUT2D eigenvalue weighted by Gasteiger charge is -2.08. The SMILES string of the molecule is CC(C)CC(=O)OCCOC(C)C. The molecule has 0 saturated carbocycles. The van der Waals surface area contributed by atoms with Crippen LogP contribution in [-0.2, 0) is 14.3 Å². The molecule has 0 aromatic heterocycles. The summed E-state index contributed by atoms with van der Waals surface area (Å²) in [5.41, 5.74) is 0. The zero-order valence-corrected chi connectivity index (χ0v) is 9.00. The number of hydrogen-bond donors (Lipinski definition) is 0. The second-order valence-corrected chi connectivity index (χ2v) is 3.74. The van der Waals surface area contributed by atoms with E-state index in [-0.39, 0.29) is 12.1 Å². The zero-order valence-electron chi connectivity index (χ0n) is 9.00. The maximum atomic E-state index is 11.0. The summed E-state index contributed by atoms with van der Waals surface area (Å²) in [7, 11) is 0. The van der Waals surface area contributed by atoms with Crippen molar-refractivity contribution >= 4 is 5.97 Å². The summed E-state index contributed by atoms with van der Waals surface area (Å²) in [5, 5.41) is 0. The lowest BCUT2D eigenvalue weighted by atomic mass is 10.1. The molecular weight excluding hydrogens is 168 g/mol. The molecule has 0 amide bonds. The van der Waals surface area contributed by atoms with Gasteiger partial charge in [0.05, 0.1) is 12.7 Å². The number of carbonyl (C=O) groups excluding carboxylic acids is 1. The number of rotatable bonds is 6. The average Bonchev–Trinajstić information content (AvgIpc) is 1.96. The van der Waals surface area contributed by atoms with Crippen LogP contribution in [0.1, 0.15) is 34.1 Å². The van der Waals surface area contributed by atoms with Crippen LogP contribution in [0.2, 0.25) is 0 Å². The summed E-state index contributed by atoms with van der Waals surface area (Å²) in [6.45, 7) is 8.74. The Kier molecular flexibility index (Phi) is 6.59. The lowest BCUT2D eigenvalue weighted by molar-refractivity contribution is -0.146. The highest BCUT2D eigenvalue weighted by Crippen LogP contribution is 2.00. The molecule has 0 aliphatic carbocycles. The quantitative estimate of drug-likeness (QED) is 0.472. The Labute approximate surface area is 80.4 Å². The minimum Gasteiger partial charge on any atom is -0.463 e. The third-order valence-electron chi connectivity index (χ3n) is 1.37. The molecule has 3 nitrogen and oxygen atoms in total. The average molecular weight is 188 g/mol. The van der Waals surface area contributed by atoms with Gasteiger partial charge in [-0.1, -0.05) is 13.8 Å². The molecule has 0 radical (unpaired) electrons. The van der Waals surface area contributed by atoms with Crippen molar-refractivity contribution in [3.63, 3.8) is 0 Å². The van der Waals surface area contributed by atoms with Crippen molar-refractivity contribution in [2.24, 2.45) is 5.92 Å². The van der Waals surface area contributed by atoms with E-state index in [4.69, 9.17) is 9.47 Å². The zero-order chi connectivity index (χ0) is 10.3.